The molecule has 0 amide bonds. The molecule has 18 heavy (non-hydrogen) atoms. The van der Waals surface area contributed by atoms with Gasteiger partial charge in [0.15, 0.2) is 0 Å². The first kappa shape index (κ1) is 12.1. The Labute approximate surface area is 108 Å². The normalized spacial score (nSPS) is 25.6. The van der Waals surface area contributed by atoms with Gasteiger partial charge in [0.05, 0.1) is 13.2 Å². The molecule has 1 N–H and O–H groups in total. The monoisotopic (exact) mass is 250 g/mol. The van der Waals surface area contributed by atoms with Crippen LogP contribution in [-0.2, 0) is 6.54 Å². The zero-order valence-electron chi connectivity index (χ0n) is 11.0. The minimum Gasteiger partial charge on any atom is -0.395 e. The molecule has 2 fully saturated rings. The molecule has 1 aromatic heterocycles. The largest absolute Gasteiger partial charge is 0.395 e. The molecular formula is C13H22N4O. The molecule has 1 aliphatic heterocycles. The molecule has 5 heteroatoms. The molecule has 1 atom stereocenters. The summed E-state index contributed by atoms with van der Waals surface area (Å²) >= 11 is 0. The van der Waals surface area contributed by atoms with E-state index in [1.54, 1.807) is 0 Å². The third-order valence-electron chi connectivity index (χ3n) is 4.15. The van der Waals surface area contributed by atoms with Gasteiger partial charge in [0.1, 0.15) is 11.6 Å². The van der Waals surface area contributed by atoms with Crippen molar-refractivity contribution in [2.75, 3.05) is 13.2 Å². The standard InChI is InChI=1S/C13H22N4O/c1-10-14-15-13(17(10)11-5-6-11)8-16-7-3-2-4-12(16)9-18/h11-12,18H,2-9H2,1H3/t12-/m1/s1. The van der Waals surface area contributed by atoms with E-state index < -0.39 is 0 Å². The maximum Gasteiger partial charge on any atom is 0.147 e. The van der Waals surface area contributed by atoms with E-state index >= 15 is 0 Å². The summed E-state index contributed by atoms with van der Waals surface area (Å²) in [6.45, 7) is 4.20. The van der Waals surface area contributed by atoms with Gasteiger partial charge >= 0.3 is 0 Å². The zero-order chi connectivity index (χ0) is 12.5. The number of hydrogen-bond donors (Lipinski definition) is 1. The number of aryl methyl sites for hydroxylation is 1. The Kier molecular flexibility index (Phi) is 3.35. The van der Waals surface area contributed by atoms with E-state index in [0.717, 1.165) is 31.2 Å². The van der Waals surface area contributed by atoms with Crippen molar-refractivity contribution in [2.45, 2.75) is 57.7 Å². The Hall–Kier alpha value is -0.940. The van der Waals surface area contributed by atoms with Crippen LogP contribution in [0.2, 0.25) is 0 Å². The van der Waals surface area contributed by atoms with Crippen LogP contribution in [0.15, 0.2) is 0 Å². The van der Waals surface area contributed by atoms with E-state index in [-0.39, 0.29) is 6.61 Å². The van der Waals surface area contributed by atoms with Gasteiger partial charge in [-0.2, -0.15) is 0 Å². The molecule has 1 aromatic rings. The highest BCUT2D eigenvalue weighted by Gasteiger charge is 2.30. The van der Waals surface area contributed by atoms with Crippen LogP contribution in [0, 0.1) is 6.92 Å². The lowest BCUT2D eigenvalue weighted by atomic mass is 10.0. The molecule has 100 valence electrons. The van der Waals surface area contributed by atoms with Crippen molar-refractivity contribution in [1.29, 1.82) is 0 Å². The number of hydrogen-bond acceptors (Lipinski definition) is 4. The smallest absolute Gasteiger partial charge is 0.147 e. The molecule has 0 unspecified atom stereocenters. The van der Waals surface area contributed by atoms with Crippen LogP contribution in [0.5, 0.6) is 0 Å². The summed E-state index contributed by atoms with van der Waals surface area (Å²) in [5.41, 5.74) is 0. The van der Waals surface area contributed by atoms with Crippen molar-refractivity contribution >= 4 is 0 Å². The Morgan fingerprint density at radius 3 is 2.78 bits per heavy atom. The minimum absolute atomic E-state index is 0.260. The average Bonchev–Trinajstić information content (AvgIpc) is 3.16. The molecular weight excluding hydrogens is 228 g/mol. The van der Waals surface area contributed by atoms with Crippen LogP contribution < -0.4 is 0 Å². The molecule has 0 spiro atoms. The highest BCUT2D eigenvalue weighted by molar-refractivity contribution is 5.02. The first-order valence-corrected chi connectivity index (χ1v) is 7.05. The van der Waals surface area contributed by atoms with E-state index in [0.29, 0.717) is 12.1 Å². The first-order chi connectivity index (χ1) is 8.79. The predicted octanol–water partition coefficient (Wildman–Crippen LogP) is 1.27. The fourth-order valence-corrected chi connectivity index (χ4v) is 2.99. The molecule has 3 rings (SSSR count). The fraction of sp³-hybridized carbons (Fsp3) is 0.846. The second-order valence-corrected chi connectivity index (χ2v) is 5.57. The number of likely N-dealkylation sites (tertiary alicyclic amines) is 1. The molecule has 2 heterocycles. The summed E-state index contributed by atoms with van der Waals surface area (Å²) in [5.74, 6) is 2.11. The summed E-state index contributed by atoms with van der Waals surface area (Å²) in [6, 6.07) is 0.941. The maximum absolute atomic E-state index is 9.45. The van der Waals surface area contributed by atoms with Gasteiger partial charge < -0.3 is 9.67 Å². The number of aliphatic hydroxyl groups excluding tert-OH is 1. The Morgan fingerprint density at radius 2 is 2.06 bits per heavy atom. The van der Waals surface area contributed by atoms with Crippen LogP contribution >= 0.6 is 0 Å². The van der Waals surface area contributed by atoms with Gasteiger partial charge in [0, 0.05) is 12.1 Å². The lowest BCUT2D eigenvalue weighted by Crippen LogP contribution is -2.41. The molecule has 0 bridgehead atoms. The number of aromatic nitrogens is 3. The fourth-order valence-electron chi connectivity index (χ4n) is 2.99. The van der Waals surface area contributed by atoms with Gasteiger partial charge in [-0.15, -0.1) is 10.2 Å². The topological polar surface area (TPSA) is 54.2 Å². The predicted molar refractivity (Wildman–Crippen MR) is 68.2 cm³/mol. The molecule has 2 aliphatic rings. The van der Waals surface area contributed by atoms with Crippen LogP contribution in [-0.4, -0.2) is 44.0 Å². The Bertz CT molecular complexity index is 413. The van der Waals surface area contributed by atoms with Crippen LogP contribution in [0.3, 0.4) is 0 Å². The molecule has 1 aliphatic carbocycles. The molecule has 0 radical (unpaired) electrons. The number of nitrogens with zero attached hydrogens (tertiary/aromatic N) is 4. The summed E-state index contributed by atoms with van der Waals surface area (Å²) in [5, 5.41) is 18.0. The number of rotatable bonds is 4. The van der Waals surface area contributed by atoms with Crippen LogP contribution in [0.25, 0.3) is 0 Å². The van der Waals surface area contributed by atoms with Gasteiger partial charge in [-0.3, -0.25) is 4.90 Å². The first-order valence-electron chi connectivity index (χ1n) is 7.05. The van der Waals surface area contributed by atoms with Gasteiger partial charge in [-0.1, -0.05) is 6.42 Å². The molecule has 1 saturated heterocycles. The van der Waals surface area contributed by atoms with E-state index in [1.165, 1.54) is 25.7 Å². The van der Waals surface area contributed by atoms with Crippen molar-refractivity contribution in [3.63, 3.8) is 0 Å². The van der Waals surface area contributed by atoms with Gasteiger partial charge in [-0.25, -0.2) is 0 Å². The second-order valence-electron chi connectivity index (χ2n) is 5.57. The molecule has 5 nitrogen and oxygen atoms in total. The van der Waals surface area contributed by atoms with E-state index in [9.17, 15) is 5.11 Å². The second kappa shape index (κ2) is 4.97. The number of aliphatic hydroxyl groups is 1. The lowest BCUT2D eigenvalue weighted by molar-refractivity contribution is 0.0808. The molecule has 0 aromatic carbocycles. The third-order valence-corrected chi connectivity index (χ3v) is 4.15. The average molecular weight is 250 g/mol. The van der Waals surface area contributed by atoms with Crippen molar-refractivity contribution < 1.29 is 5.11 Å². The van der Waals surface area contributed by atoms with Gasteiger partial charge in [-0.05, 0) is 39.2 Å². The maximum atomic E-state index is 9.45. The van der Waals surface area contributed by atoms with Crippen LogP contribution in [0.4, 0.5) is 0 Å². The summed E-state index contributed by atoms with van der Waals surface area (Å²) < 4.78 is 2.29. The van der Waals surface area contributed by atoms with E-state index in [2.05, 4.69) is 19.7 Å². The van der Waals surface area contributed by atoms with Crippen molar-refractivity contribution in [3.05, 3.63) is 11.6 Å². The highest BCUT2D eigenvalue weighted by Crippen LogP contribution is 2.36. The summed E-state index contributed by atoms with van der Waals surface area (Å²) in [4.78, 5) is 2.37. The van der Waals surface area contributed by atoms with Crippen molar-refractivity contribution in [3.8, 4) is 0 Å². The number of piperidine rings is 1. The minimum atomic E-state index is 0.260. The van der Waals surface area contributed by atoms with Gasteiger partial charge in [0.2, 0.25) is 0 Å². The Balaban J connectivity index is 1.75. The SMILES string of the molecule is Cc1nnc(CN2CCCC[C@@H]2CO)n1C1CC1. The summed E-state index contributed by atoms with van der Waals surface area (Å²) in [6.07, 6.45) is 6.08. The van der Waals surface area contributed by atoms with Crippen molar-refractivity contribution in [1.82, 2.24) is 19.7 Å². The van der Waals surface area contributed by atoms with E-state index in [1.807, 2.05) is 6.92 Å². The summed E-state index contributed by atoms with van der Waals surface area (Å²) in [7, 11) is 0. The zero-order valence-corrected chi connectivity index (χ0v) is 11.0. The molecule has 1 saturated carbocycles. The van der Waals surface area contributed by atoms with Crippen molar-refractivity contribution in [2.24, 2.45) is 0 Å². The highest BCUT2D eigenvalue weighted by atomic mass is 16.3. The van der Waals surface area contributed by atoms with Crippen LogP contribution in [0.1, 0.15) is 49.8 Å². The Morgan fingerprint density at radius 1 is 1.22 bits per heavy atom. The third kappa shape index (κ3) is 2.29. The van der Waals surface area contributed by atoms with E-state index in [4.69, 9.17) is 0 Å². The van der Waals surface area contributed by atoms with Gasteiger partial charge in [0.25, 0.3) is 0 Å². The lowest BCUT2D eigenvalue weighted by Gasteiger charge is -2.34. The quantitative estimate of drug-likeness (QED) is 0.874.